The number of hydrogen-bond donors (Lipinski definition) is 3. The molecule has 0 aromatic rings. The van der Waals surface area contributed by atoms with E-state index in [0.29, 0.717) is 31.6 Å². The van der Waals surface area contributed by atoms with Crippen molar-refractivity contribution >= 4 is 39.5 Å². The molecular weight excluding hydrogens is 1310 g/mol. The number of unbranched alkanes of at least 4 members (excludes halogenated alkanes) is 40. The van der Waals surface area contributed by atoms with Gasteiger partial charge in [-0.3, -0.25) is 37.3 Å². The largest absolute Gasteiger partial charge is 0.472 e. The average molecular weight is 1460 g/mol. The Bertz CT molecular complexity index is 2040. The molecule has 7 atom stereocenters. The number of esters is 4. The number of aliphatic hydroxyl groups is 1. The molecule has 0 saturated carbocycles. The normalized spacial score (nSPS) is 14.7. The van der Waals surface area contributed by atoms with Crippen LogP contribution in [0.4, 0.5) is 0 Å². The van der Waals surface area contributed by atoms with Crippen molar-refractivity contribution in [1.29, 1.82) is 0 Å². The number of aliphatic hydroxyl groups excluding tert-OH is 1. The Morgan fingerprint density at radius 2 is 0.590 bits per heavy atom. The Kier molecular flexibility index (Phi) is 69.1. The van der Waals surface area contributed by atoms with Crippen molar-refractivity contribution in [1.82, 2.24) is 0 Å². The fourth-order valence-corrected chi connectivity index (χ4v) is 13.5. The van der Waals surface area contributed by atoms with Gasteiger partial charge in [0.25, 0.3) is 0 Å². The molecule has 3 N–H and O–H groups in total. The van der Waals surface area contributed by atoms with Gasteiger partial charge in [0.15, 0.2) is 12.2 Å². The minimum atomic E-state index is -4.97. The van der Waals surface area contributed by atoms with Gasteiger partial charge in [-0.05, 0) is 69.1 Å². The number of phosphoric ester groups is 2. The summed E-state index contributed by atoms with van der Waals surface area (Å²) in [5.41, 5.74) is 0. The van der Waals surface area contributed by atoms with Gasteiger partial charge in [-0.25, -0.2) is 9.13 Å². The Labute approximate surface area is 612 Å². The molecular formula is C81H154O17P2. The van der Waals surface area contributed by atoms with E-state index in [1.165, 1.54) is 186 Å². The highest BCUT2D eigenvalue weighted by atomic mass is 31.2. The quantitative estimate of drug-likeness (QED) is 0.0169. The van der Waals surface area contributed by atoms with Crippen molar-refractivity contribution < 1.29 is 80.2 Å². The van der Waals surface area contributed by atoms with Crippen molar-refractivity contribution in [2.24, 2.45) is 17.8 Å². The molecule has 0 aliphatic carbocycles. The van der Waals surface area contributed by atoms with Gasteiger partial charge in [-0.1, -0.05) is 342 Å². The molecule has 0 radical (unpaired) electrons. The number of rotatable bonds is 77. The highest BCUT2D eigenvalue weighted by Gasteiger charge is 2.30. The van der Waals surface area contributed by atoms with E-state index in [4.69, 9.17) is 37.0 Å². The van der Waals surface area contributed by atoms with E-state index in [2.05, 4.69) is 72.8 Å². The Balaban J connectivity index is 5.22. The van der Waals surface area contributed by atoms with Crippen LogP contribution in [0.25, 0.3) is 0 Å². The zero-order valence-electron chi connectivity index (χ0n) is 65.2. The molecule has 4 unspecified atom stereocenters. The molecule has 0 aromatic heterocycles. The van der Waals surface area contributed by atoms with Crippen LogP contribution in [-0.2, 0) is 65.4 Å². The van der Waals surface area contributed by atoms with Crippen LogP contribution in [-0.4, -0.2) is 96.7 Å². The second kappa shape index (κ2) is 70.8. The number of carbonyl (C=O) groups is 4. The maximum atomic E-state index is 13.1. The summed E-state index contributed by atoms with van der Waals surface area (Å²) in [5.74, 6) is 0.206. The first kappa shape index (κ1) is 97.5. The first-order valence-electron chi connectivity index (χ1n) is 41.2. The van der Waals surface area contributed by atoms with Gasteiger partial charge in [-0.2, -0.15) is 0 Å². The molecule has 0 aromatic carbocycles. The van der Waals surface area contributed by atoms with Crippen LogP contribution in [0.5, 0.6) is 0 Å². The summed E-state index contributed by atoms with van der Waals surface area (Å²) in [6.07, 6.45) is 62.0. The topological polar surface area (TPSA) is 237 Å². The summed E-state index contributed by atoms with van der Waals surface area (Å²) in [7, 11) is -9.93. The third-order valence-corrected chi connectivity index (χ3v) is 20.9. The summed E-state index contributed by atoms with van der Waals surface area (Å²) < 4.78 is 68.6. The average Bonchev–Trinajstić information content (AvgIpc) is 0.940. The SMILES string of the molecule is CCCCCC/C=C\C=C/CCCCCCCC(=O)O[C@H](COC(=O)CCCCCCCCCCCCCCCCCCCCC(C)CC)COP(=O)(O)OC[C@@H](O)COP(=O)(O)OC[C@@H](COC(=O)CCCCCCCCC(C)C)OC(=O)CCCCCCCCCCCCC(C)CC. The minimum absolute atomic E-state index is 0.0852. The van der Waals surface area contributed by atoms with E-state index in [9.17, 15) is 43.2 Å². The number of carbonyl (C=O) groups excluding carboxylic acids is 4. The van der Waals surface area contributed by atoms with Crippen LogP contribution < -0.4 is 0 Å². The van der Waals surface area contributed by atoms with Gasteiger partial charge < -0.3 is 33.8 Å². The van der Waals surface area contributed by atoms with Crippen LogP contribution in [0.1, 0.15) is 395 Å². The monoisotopic (exact) mass is 1460 g/mol. The predicted octanol–water partition coefficient (Wildman–Crippen LogP) is 23.7. The highest BCUT2D eigenvalue weighted by molar-refractivity contribution is 7.47. The highest BCUT2D eigenvalue weighted by Crippen LogP contribution is 2.45. The second-order valence-electron chi connectivity index (χ2n) is 29.4. The van der Waals surface area contributed by atoms with E-state index in [1.54, 1.807) is 0 Å². The molecule has 0 saturated heterocycles. The number of ether oxygens (including phenoxy) is 4. The minimum Gasteiger partial charge on any atom is -0.462 e. The molecule has 0 heterocycles. The van der Waals surface area contributed by atoms with Crippen LogP contribution in [0.3, 0.4) is 0 Å². The van der Waals surface area contributed by atoms with E-state index in [1.807, 2.05) is 0 Å². The van der Waals surface area contributed by atoms with Crippen LogP contribution in [0, 0.1) is 17.8 Å². The maximum absolute atomic E-state index is 13.1. The van der Waals surface area contributed by atoms with Gasteiger partial charge in [0.2, 0.25) is 0 Å². The summed E-state index contributed by atoms with van der Waals surface area (Å²) >= 11 is 0. The van der Waals surface area contributed by atoms with Crippen molar-refractivity contribution in [2.75, 3.05) is 39.6 Å². The van der Waals surface area contributed by atoms with E-state index < -0.39 is 97.5 Å². The lowest BCUT2D eigenvalue weighted by molar-refractivity contribution is -0.161. The molecule has 19 heteroatoms. The molecule has 0 rings (SSSR count). The molecule has 0 spiro atoms. The third-order valence-electron chi connectivity index (χ3n) is 19.0. The van der Waals surface area contributed by atoms with E-state index >= 15 is 0 Å². The fraction of sp³-hybridized carbons (Fsp3) is 0.901. The first-order chi connectivity index (χ1) is 48.3. The lowest BCUT2D eigenvalue weighted by atomic mass is 9.99. The summed E-state index contributed by atoms with van der Waals surface area (Å²) in [4.78, 5) is 72.9. The van der Waals surface area contributed by atoms with Crippen LogP contribution in [0.2, 0.25) is 0 Å². The zero-order chi connectivity index (χ0) is 73.7. The Hall–Kier alpha value is -2.46. The van der Waals surface area contributed by atoms with E-state index in [0.717, 1.165) is 121 Å². The van der Waals surface area contributed by atoms with Crippen LogP contribution >= 0.6 is 15.6 Å². The molecule has 17 nitrogen and oxygen atoms in total. The molecule has 0 amide bonds. The number of hydrogen-bond acceptors (Lipinski definition) is 15. The summed E-state index contributed by atoms with van der Waals surface area (Å²) in [6, 6.07) is 0. The zero-order valence-corrected chi connectivity index (χ0v) is 66.9. The third kappa shape index (κ3) is 71.2. The smallest absolute Gasteiger partial charge is 0.462 e. The number of allylic oxidation sites excluding steroid dienone is 4. The molecule has 590 valence electrons. The van der Waals surface area contributed by atoms with E-state index in [-0.39, 0.29) is 25.7 Å². The summed E-state index contributed by atoms with van der Waals surface area (Å²) in [6.45, 7) is 11.9. The van der Waals surface area contributed by atoms with Crippen molar-refractivity contribution in [3.63, 3.8) is 0 Å². The van der Waals surface area contributed by atoms with Gasteiger partial charge >= 0.3 is 39.5 Å². The Morgan fingerprint density at radius 3 is 0.890 bits per heavy atom. The van der Waals surface area contributed by atoms with Crippen molar-refractivity contribution in [2.45, 2.75) is 414 Å². The number of phosphoric acid groups is 2. The summed E-state index contributed by atoms with van der Waals surface area (Å²) in [5, 5.41) is 10.6. The van der Waals surface area contributed by atoms with Gasteiger partial charge in [0, 0.05) is 25.7 Å². The van der Waals surface area contributed by atoms with Gasteiger partial charge in [-0.15, -0.1) is 0 Å². The van der Waals surface area contributed by atoms with Gasteiger partial charge in [0.1, 0.15) is 19.3 Å². The first-order valence-corrected chi connectivity index (χ1v) is 44.2. The van der Waals surface area contributed by atoms with Crippen LogP contribution in [0.15, 0.2) is 24.3 Å². The van der Waals surface area contributed by atoms with Gasteiger partial charge in [0.05, 0.1) is 26.4 Å². The lowest BCUT2D eigenvalue weighted by Crippen LogP contribution is -2.30. The standard InChI is InChI=1S/C81H154O17P2/c1-8-11-12-13-14-15-16-17-22-27-30-36-41-50-57-64-80(85)97-76(68-91-78(83)62-55-48-40-35-29-26-24-21-19-18-20-23-25-28-33-38-46-53-60-73(6)9-2)70-95-99(87,88)93-66-75(82)67-94-100(89,90)96-71-77(69-92-79(84)63-56-49-44-43-45-52-59-72(4)5)98-81(86)65-58-51-42-37-32-31-34-39-47-54-61-74(7)10-3/h15-17,22,72-77,82H,8-14,18-21,23-71H2,1-7H3,(H,87,88)(H,89,90)/b16-15-,22-17-/t73?,74?,75-,76-,77-/m1/s1. The molecule has 0 aliphatic rings. The molecule has 0 fully saturated rings. The van der Waals surface area contributed by atoms with Crippen molar-refractivity contribution in [3.8, 4) is 0 Å². The maximum Gasteiger partial charge on any atom is 0.472 e. The second-order valence-corrected chi connectivity index (χ2v) is 32.3. The molecule has 0 bridgehead atoms. The molecule has 100 heavy (non-hydrogen) atoms. The molecule has 0 aliphatic heterocycles. The predicted molar refractivity (Wildman–Crippen MR) is 409 cm³/mol. The lowest BCUT2D eigenvalue weighted by Gasteiger charge is -2.21. The fourth-order valence-electron chi connectivity index (χ4n) is 11.9. The Morgan fingerprint density at radius 1 is 0.330 bits per heavy atom. The van der Waals surface area contributed by atoms with Crippen molar-refractivity contribution in [3.05, 3.63) is 24.3 Å².